The summed E-state index contributed by atoms with van der Waals surface area (Å²) in [4.78, 5) is 12.2. The molecule has 4 nitrogen and oxygen atoms in total. The summed E-state index contributed by atoms with van der Waals surface area (Å²) < 4.78 is 1.83. The molecule has 1 amide bonds. The van der Waals surface area contributed by atoms with Gasteiger partial charge in [-0.05, 0) is 37.1 Å². The zero-order valence-corrected chi connectivity index (χ0v) is 13.3. The van der Waals surface area contributed by atoms with E-state index in [9.17, 15) is 4.79 Å². The molecule has 0 aliphatic carbocycles. The fraction of sp³-hybridized carbons (Fsp3) is 0.158. The van der Waals surface area contributed by atoms with Gasteiger partial charge in [-0.3, -0.25) is 9.48 Å². The predicted octanol–water partition coefficient (Wildman–Crippen LogP) is 3.80. The number of hydrogen-bond acceptors (Lipinski definition) is 2. The number of benzene rings is 2. The van der Waals surface area contributed by atoms with E-state index >= 15 is 0 Å². The molecule has 3 rings (SSSR count). The lowest BCUT2D eigenvalue weighted by Gasteiger charge is -2.06. The van der Waals surface area contributed by atoms with Gasteiger partial charge in [0.05, 0.1) is 6.54 Å². The minimum atomic E-state index is -0.144. The number of anilines is 1. The number of carbonyl (C=O) groups excluding carboxylic acids is 1. The first-order valence-corrected chi connectivity index (χ1v) is 7.58. The number of aryl methyl sites for hydroxylation is 2. The maximum atomic E-state index is 12.2. The lowest BCUT2D eigenvalue weighted by Crippen LogP contribution is -2.13. The number of nitrogens with one attached hydrogen (secondary N) is 1. The number of nitrogens with zero attached hydrogens (tertiary/aromatic N) is 2. The molecule has 0 bridgehead atoms. The van der Waals surface area contributed by atoms with E-state index in [1.54, 1.807) is 6.07 Å². The van der Waals surface area contributed by atoms with E-state index in [1.165, 1.54) is 11.1 Å². The van der Waals surface area contributed by atoms with Crippen LogP contribution in [0.4, 0.5) is 5.82 Å². The highest BCUT2D eigenvalue weighted by Crippen LogP contribution is 2.12. The molecule has 3 aromatic rings. The van der Waals surface area contributed by atoms with Crippen LogP contribution in [0.15, 0.2) is 60.8 Å². The Hall–Kier alpha value is -2.88. The summed E-state index contributed by atoms with van der Waals surface area (Å²) in [5.41, 5.74) is 4.14. The van der Waals surface area contributed by atoms with Gasteiger partial charge in [0.15, 0.2) is 5.82 Å². The van der Waals surface area contributed by atoms with Crippen molar-refractivity contribution >= 4 is 11.7 Å². The van der Waals surface area contributed by atoms with Crippen molar-refractivity contribution in [3.8, 4) is 0 Å². The molecule has 1 heterocycles. The lowest BCUT2D eigenvalue weighted by atomic mass is 10.1. The van der Waals surface area contributed by atoms with Crippen LogP contribution in [-0.4, -0.2) is 15.7 Å². The van der Waals surface area contributed by atoms with E-state index in [4.69, 9.17) is 0 Å². The highest BCUT2D eigenvalue weighted by molar-refractivity contribution is 6.03. The fourth-order valence-electron chi connectivity index (χ4n) is 2.45. The van der Waals surface area contributed by atoms with Crippen LogP contribution >= 0.6 is 0 Å². The molecule has 0 spiro atoms. The first kappa shape index (κ1) is 15.0. The highest BCUT2D eigenvalue weighted by Gasteiger charge is 2.08. The Kier molecular flexibility index (Phi) is 4.24. The van der Waals surface area contributed by atoms with Crippen molar-refractivity contribution in [3.63, 3.8) is 0 Å². The van der Waals surface area contributed by atoms with Crippen LogP contribution in [0.2, 0.25) is 0 Å². The summed E-state index contributed by atoms with van der Waals surface area (Å²) in [7, 11) is 0. The van der Waals surface area contributed by atoms with Gasteiger partial charge in [-0.1, -0.05) is 42.0 Å². The van der Waals surface area contributed by atoms with Crippen LogP contribution < -0.4 is 5.32 Å². The van der Waals surface area contributed by atoms with E-state index in [0.29, 0.717) is 17.9 Å². The SMILES string of the molecule is Cc1cccc(C(=O)Nc2ccn(Cc3ccccc3C)n2)c1. The smallest absolute Gasteiger partial charge is 0.256 e. The number of aromatic nitrogens is 2. The van der Waals surface area contributed by atoms with Crippen LogP contribution in [-0.2, 0) is 6.54 Å². The molecule has 23 heavy (non-hydrogen) atoms. The molecular formula is C19H19N3O. The van der Waals surface area contributed by atoms with Gasteiger partial charge in [-0.2, -0.15) is 5.10 Å². The van der Waals surface area contributed by atoms with Crippen molar-refractivity contribution in [2.24, 2.45) is 0 Å². The van der Waals surface area contributed by atoms with Crippen molar-refractivity contribution in [1.82, 2.24) is 9.78 Å². The molecule has 116 valence electrons. The van der Waals surface area contributed by atoms with Crippen LogP contribution in [0.5, 0.6) is 0 Å². The first-order valence-electron chi connectivity index (χ1n) is 7.58. The van der Waals surface area contributed by atoms with E-state index in [1.807, 2.05) is 54.2 Å². The summed E-state index contributed by atoms with van der Waals surface area (Å²) >= 11 is 0. The first-order chi connectivity index (χ1) is 11.1. The average Bonchev–Trinajstić information content (AvgIpc) is 2.97. The minimum absolute atomic E-state index is 0.144. The molecular weight excluding hydrogens is 286 g/mol. The molecule has 2 aromatic carbocycles. The maximum Gasteiger partial charge on any atom is 0.256 e. The summed E-state index contributed by atoms with van der Waals surface area (Å²) in [6, 6.07) is 17.5. The fourth-order valence-corrected chi connectivity index (χ4v) is 2.45. The second-order valence-corrected chi connectivity index (χ2v) is 5.65. The molecule has 0 aliphatic heterocycles. The number of amides is 1. The van der Waals surface area contributed by atoms with Gasteiger partial charge in [0.1, 0.15) is 0 Å². The summed E-state index contributed by atoms with van der Waals surface area (Å²) in [6.07, 6.45) is 1.87. The standard InChI is InChI=1S/C19H19N3O/c1-14-6-5-9-16(12-14)19(23)20-18-10-11-22(21-18)13-17-8-4-3-7-15(17)2/h3-12H,13H2,1-2H3,(H,20,21,23). The molecule has 0 radical (unpaired) electrons. The van der Waals surface area contributed by atoms with Crippen LogP contribution in [0.1, 0.15) is 27.0 Å². The zero-order valence-electron chi connectivity index (χ0n) is 13.3. The third kappa shape index (κ3) is 3.66. The Morgan fingerprint density at radius 1 is 1.09 bits per heavy atom. The van der Waals surface area contributed by atoms with Crippen LogP contribution in [0.25, 0.3) is 0 Å². The molecule has 0 saturated heterocycles. The van der Waals surface area contributed by atoms with Gasteiger partial charge in [0.2, 0.25) is 0 Å². The van der Waals surface area contributed by atoms with E-state index < -0.39 is 0 Å². The molecule has 0 atom stereocenters. The van der Waals surface area contributed by atoms with Gasteiger partial charge in [-0.15, -0.1) is 0 Å². The normalized spacial score (nSPS) is 10.5. The summed E-state index contributed by atoms with van der Waals surface area (Å²) in [6.45, 7) is 4.74. The Bertz CT molecular complexity index is 836. The lowest BCUT2D eigenvalue weighted by molar-refractivity contribution is 0.102. The minimum Gasteiger partial charge on any atom is -0.305 e. The van der Waals surface area contributed by atoms with Gasteiger partial charge >= 0.3 is 0 Å². The van der Waals surface area contributed by atoms with Crippen molar-refractivity contribution in [3.05, 3.63) is 83.0 Å². The van der Waals surface area contributed by atoms with E-state index in [0.717, 1.165) is 5.56 Å². The highest BCUT2D eigenvalue weighted by atomic mass is 16.1. The van der Waals surface area contributed by atoms with Crippen LogP contribution in [0, 0.1) is 13.8 Å². The predicted molar refractivity (Wildman–Crippen MR) is 91.6 cm³/mol. The van der Waals surface area contributed by atoms with Crippen molar-refractivity contribution in [2.45, 2.75) is 20.4 Å². The van der Waals surface area contributed by atoms with Crippen molar-refractivity contribution < 1.29 is 4.79 Å². The zero-order chi connectivity index (χ0) is 16.2. The molecule has 4 heteroatoms. The summed E-state index contributed by atoms with van der Waals surface area (Å²) in [5, 5.41) is 7.25. The quantitative estimate of drug-likeness (QED) is 0.797. The topological polar surface area (TPSA) is 46.9 Å². The Balaban J connectivity index is 1.70. The molecule has 0 unspecified atom stereocenters. The van der Waals surface area contributed by atoms with Gasteiger partial charge in [0, 0.05) is 17.8 Å². The Labute approximate surface area is 135 Å². The molecule has 1 N–H and O–H groups in total. The second-order valence-electron chi connectivity index (χ2n) is 5.65. The summed E-state index contributed by atoms with van der Waals surface area (Å²) in [5.74, 6) is 0.417. The Morgan fingerprint density at radius 3 is 2.70 bits per heavy atom. The average molecular weight is 305 g/mol. The number of carbonyl (C=O) groups is 1. The largest absolute Gasteiger partial charge is 0.305 e. The third-order valence-electron chi connectivity index (χ3n) is 3.76. The van der Waals surface area contributed by atoms with Gasteiger partial charge < -0.3 is 5.32 Å². The monoisotopic (exact) mass is 305 g/mol. The molecule has 0 fully saturated rings. The number of hydrogen-bond donors (Lipinski definition) is 1. The second kappa shape index (κ2) is 6.48. The van der Waals surface area contributed by atoms with Gasteiger partial charge in [-0.25, -0.2) is 0 Å². The van der Waals surface area contributed by atoms with E-state index in [2.05, 4.69) is 29.5 Å². The third-order valence-corrected chi connectivity index (χ3v) is 3.76. The molecule has 1 aromatic heterocycles. The number of rotatable bonds is 4. The van der Waals surface area contributed by atoms with E-state index in [-0.39, 0.29) is 5.91 Å². The van der Waals surface area contributed by atoms with Gasteiger partial charge in [0.25, 0.3) is 5.91 Å². The Morgan fingerprint density at radius 2 is 1.91 bits per heavy atom. The van der Waals surface area contributed by atoms with Crippen molar-refractivity contribution in [2.75, 3.05) is 5.32 Å². The van der Waals surface area contributed by atoms with Crippen LogP contribution in [0.3, 0.4) is 0 Å². The van der Waals surface area contributed by atoms with Crippen molar-refractivity contribution in [1.29, 1.82) is 0 Å². The maximum absolute atomic E-state index is 12.2. The molecule has 0 aliphatic rings. The molecule has 0 saturated carbocycles.